The zero-order chi connectivity index (χ0) is 18.4. The summed E-state index contributed by atoms with van der Waals surface area (Å²) in [6.07, 6.45) is 2.67. The van der Waals surface area contributed by atoms with Crippen molar-refractivity contribution >= 4 is 22.9 Å². The lowest BCUT2D eigenvalue weighted by Crippen LogP contribution is -2.28. The van der Waals surface area contributed by atoms with Crippen LogP contribution in [-0.4, -0.2) is 39.0 Å². The minimum atomic E-state index is -0.458. The normalized spacial score (nSPS) is 10.7. The maximum absolute atomic E-state index is 13.0. The number of aromatic nitrogens is 4. The van der Waals surface area contributed by atoms with Gasteiger partial charge in [-0.15, -0.1) is 0 Å². The van der Waals surface area contributed by atoms with Crippen LogP contribution < -0.4 is 10.6 Å². The van der Waals surface area contributed by atoms with E-state index in [2.05, 4.69) is 25.7 Å². The van der Waals surface area contributed by atoms with Gasteiger partial charge < -0.3 is 15.4 Å². The summed E-state index contributed by atoms with van der Waals surface area (Å²) in [6, 6.07) is 6.26. The van der Waals surface area contributed by atoms with Gasteiger partial charge in [-0.1, -0.05) is 12.1 Å². The topological polar surface area (TPSA) is 94.0 Å². The lowest BCUT2D eigenvalue weighted by Gasteiger charge is -2.08. The smallest absolute Gasteiger partial charge is 0.407 e. The maximum atomic E-state index is 13.0. The fraction of sp³-hybridized carbons (Fsp3) is 0.294. The van der Waals surface area contributed by atoms with E-state index in [1.54, 1.807) is 29.9 Å². The molecule has 0 bridgehead atoms. The first-order valence-corrected chi connectivity index (χ1v) is 8.23. The number of nitrogens with zero attached hydrogens (tertiary/aromatic N) is 4. The van der Waals surface area contributed by atoms with Crippen molar-refractivity contribution in [3.05, 3.63) is 48.2 Å². The number of benzene rings is 1. The molecule has 1 amide bonds. The Labute approximate surface area is 149 Å². The molecule has 2 heterocycles. The minimum absolute atomic E-state index is 0.268. The number of ether oxygens (including phenoxy) is 1. The van der Waals surface area contributed by atoms with Gasteiger partial charge in [0.25, 0.3) is 0 Å². The number of hydrogen-bond acceptors (Lipinski definition) is 6. The van der Waals surface area contributed by atoms with Gasteiger partial charge in [-0.3, -0.25) is 0 Å². The molecule has 2 N–H and O–H groups in total. The Morgan fingerprint density at radius 2 is 2.08 bits per heavy atom. The quantitative estimate of drug-likeness (QED) is 0.673. The molecule has 0 aliphatic carbocycles. The number of rotatable bonds is 7. The van der Waals surface area contributed by atoms with Crippen LogP contribution in [0, 0.1) is 5.82 Å². The van der Waals surface area contributed by atoms with Crippen LogP contribution >= 0.6 is 0 Å². The molecule has 0 atom stereocenters. The van der Waals surface area contributed by atoms with Crippen molar-refractivity contribution in [1.82, 2.24) is 25.1 Å². The molecular weight excluding hydrogens is 339 g/mol. The Balaban J connectivity index is 1.66. The van der Waals surface area contributed by atoms with Crippen molar-refractivity contribution in [2.24, 2.45) is 0 Å². The largest absolute Gasteiger partial charge is 0.450 e. The molecule has 3 aromatic rings. The molecule has 136 valence electrons. The summed E-state index contributed by atoms with van der Waals surface area (Å²) < 4.78 is 19.5. The van der Waals surface area contributed by atoms with E-state index in [9.17, 15) is 9.18 Å². The summed E-state index contributed by atoms with van der Waals surface area (Å²) in [6.45, 7) is 3.40. The number of halogens is 1. The fourth-order valence-electron chi connectivity index (χ4n) is 2.43. The molecular formula is C17H19FN6O2. The molecule has 0 fully saturated rings. The molecule has 0 aliphatic rings. The average molecular weight is 358 g/mol. The van der Waals surface area contributed by atoms with Crippen LogP contribution in [0.3, 0.4) is 0 Å². The predicted molar refractivity (Wildman–Crippen MR) is 94.1 cm³/mol. The van der Waals surface area contributed by atoms with E-state index in [-0.39, 0.29) is 5.82 Å². The third kappa shape index (κ3) is 4.24. The van der Waals surface area contributed by atoms with Crippen molar-refractivity contribution < 1.29 is 13.9 Å². The SMILES string of the molecule is CCOC(=O)NCCn1ncc2c(NCc3ccc(F)cc3)ncnc21. The van der Waals surface area contributed by atoms with Gasteiger partial charge in [0.15, 0.2) is 5.65 Å². The lowest BCUT2D eigenvalue weighted by atomic mass is 10.2. The molecule has 8 nitrogen and oxygen atoms in total. The molecule has 3 rings (SSSR count). The Hall–Kier alpha value is -3.23. The van der Waals surface area contributed by atoms with Gasteiger partial charge in [-0.05, 0) is 24.6 Å². The van der Waals surface area contributed by atoms with Crippen molar-refractivity contribution in [1.29, 1.82) is 0 Å². The van der Waals surface area contributed by atoms with E-state index < -0.39 is 6.09 Å². The van der Waals surface area contributed by atoms with Crippen molar-refractivity contribution in [3.8, 4) is 0 Å². The first-order valence-electron chi connectivity index (χ1n) is 8.23. The van der Waals surface area contributed by atoms with Gasteiger partial charge in [0.05, 0.1) is 24.7 Å². The number of carbonyl (C=O) groups excluding carboxylic acids is 1. The van der Waals surface area contributed by atoms with Crippen LogP contribution in [-0.2, 0) is 17.8 Å². The van der Waals surface area contributed by atoms with E-state index in [4.69, 9.17) is 4.74 Å². The van der Waals surface area contributed by atoms with E-state index in [1.165, 1.54) is 18.5 Å². The first kappa shape index (κ1) is 17.6. The third-order valence-corrected chi connectivity index (χ3v) is 3.68. The summed E-state index contributed by atoms with van der Waals surface area (Å²) in [5, 5.41) is 10.9. The van der Waals surface area contributed by atoms with E-state index in [0.29, 0.717) is 37.7 Å². The van der Waals surface area contributed by atoms with Crippen LogP contribution in [0.2, 0.25) is 0 Å². The molecule has 0 saturated carbocycles. The third-order valence-electron chi connectivity index (χ3n) is 3.68. The van der Waals surface area contributed by atoms with Gasteiger partial charge in [0.2, 0.25) is 0 Å². The van der Waals surface area contributed by atoms with Crippen LogP contribution in [0.1, 0.15) is 12.5 Å². The summed E-state index contributed by atoms with van der Waals surface area (Å²) >= 11 is 0. The minimum Gasteiger partial charge on any atom is -0.450 e. The number of nitrogens with one attached hydrogen (secondary N) is 2. The van der Waals surface area contributed by atoms with Crippen LogP contribution in [0.4, 0.5) is 15.0 Å². The van der Waals surface area contributed by atoms with Crippen molar-refractivity contribution in [3.63, 3.8) is 0 Å². The highest BCUT2D eigenvalue weighted by Gasteiger charge is 2.10. The van der Waals surface area contributed by atoms with Gasteiger partial charge in [-0.25, -0.2) is 23.8 Å². The van der Waals surface area contributed by atoms with Gasteiger partial charge in [0.1, 0.15) is 18.0 Å². The maximum Gasteiger partial charge on any atom is 0.407 e. The summed E-state index contributed by atoms with van der Waals surface area (Å²) in [5.41, 5.74) is 1.59. The average Bonchev–Trinajstić information content (AvgIpc) is 3.05. The van der Waals surface area contributed by atoms with Gasteiger partial charge >= 0.3 is 6.09 Å². The van der Waals surface area contributed by atoms with Crippen LogP contribution in [0.25, 0.3) is 11.0 Å². The molecule has 0 aliphatic heterocycles. The molecule has 2 aromatic heterocycles. The number of anilines is 1. The Morgan fingerprint density at radius 1 is 1.27 bits per heavy atom. The standard InChI is InChI=1S/C17H19FN6O2/c1-2-26-17(25)19-7-8-24-16-14(10-23-24)15(21-11-22-16)20-9-12-3-5-13(18)6-4-12/h3-6,10-11H,2,7-9H2,1H3,(H,19,25)(H,20,21,22). The predicted octanol–water partition coefficient (Wildman–Crippen LogP) is 2.32. The monoisotopic (exact) mass is 358 g/mol. The van der Waals surface area contributed by atoms with E-state index in [1.807, 2.05) is 0 Å². The Bertz CT molecular complexity index is 881. The fourth-order valence-corrected chi connectivity index (χ4v) is 2.43. The summed E-state index contributed by atoms with van der Waals surface area (Å²) in [4.78, 5) is 19.8. The van der Waals surface area contributed by atoms with E-state index >= 15 is 0 Å². The Kier molecular flexibility index (Phi) is 5.57. The first-order chi connectivity index (χ1) is 12.7. The molecule has 9 heteroatoms. The number of fused-ring (bicyclic) bond motifs is 1. The highest BCUT2D eigenvalue weighted by atomic mass is 19.1. The highest BCUT2D eigenvalue weighted by Crippen LogP contribution is 2.19. The summed E-state index contributed by atoms with van der Waals surface area (Å²) in [5.74, 6) is 0.375. The van der Waals surface area contributed by atoms with Crippen molar-refractivity contribution in [2.75, 3.05) is 18.5 Å². The molecule has 0 spiro atoms. The Morgan fingerprint density at radius 3 is 2.85 bits per heavy atom. The van der Waals surface area contributed by atoms with E-state index in [0.717, 1.165) is 10.9 Å². The lowest BCUT2D eigenvalue weighted by molar-refractivity contribution is 0.152. The second kappa shape index (κ2) is 8.24. The number of carbonyl (C=O) groups is 1. The molecule has 0 saturated heterocycles. The summed E-state index contributed by atoms with van der Waals surface area (Å²) in [7, 11) is 0. The molecule has 1 aromatic carbocycles. The second-order valence-electron chi connectivity index (χ2n) is 5.45. The van der Waals surface area contributed by atoms with Crippen molar-refractivity contribution in [2.45, 2.75) is 20.0 Å². The number of amides is 1. The zero-order valence-corrected chi connectivity index (χ0v) is 14.3. The van der Waals surface area contributed by atoms with Crippen LogP contribution in [0.15, 0.2) is 36.8 Å². The second-order valence-corrected chi connectivity index (χ2v) is 5.45. The molecule has 26 heavy (non-hydrogen) atoms. The van der Waals surface area contributed by atoms with Gasteiger partial charge in [-0.2, -0.15) is 5.10 Å². The highest BCUT2D eigenvalue weighted by molar-refractivity contribution is 5.86. The number of hydrogen-bond donors (Lipinski definition) is 2. The van der Waals surface area contributed by atoms with Crippen LogP contribution in [0.5, 0.6) is 0 Å². The molecule has 0 unspecified atom stereocenters. The van der Waals surface area contributed by atoms with Gasteiger partial charge in [0, 0.05) is 13.1 Å². The molecule has 0 radical (unpaired) electrons. The number of alkyl carbamates (subject to hydrolysis) is 1. The zero-order valence-electron chi connectivity index (χ0n) is 14.3.